The number of benzene rings is 1. The number of hydrogen-bond acceptors (Lipinski definition) is 3. The Labute approximate surface area is 111 Å². The minimum atomic E-state index is -3.62. The van der Waals surface area contributed by atoms with Gasteiger partial charge in [0.2, 0.25) is 15.8 Å². The molecule has 0 aliphatic heterocycles. The lowest BCUT2D eigenvalue weighted by molar-refractivity contribution is 0.239. The summed E-state index contributed by atoms with van der Waals surface area (Å²) in [5, 5.41) is 4.97. The Balaban J connectivity index is 2.68. The third kappa shape index (κ3) is 5.52. The summed E-state index contributed by atoms with van der Waals surface area (Å²) < 4.78 is 53.5. The maximum Gasteiger partial charge on any atom is 0.209 e. The van der Waals surface area contributed by atoms with Crippen LogP contribution in [0.3, 0.4) is 0 Å². The van der Waals surface area contributed by atoms with Crippen molar-refractivity contribution in [1.82, 2.24) is 0 Å². The highest BCUT2D eigenvalue weighted by molar-refractivity contribution is 7.89. The Bertz CT molecular complexity index is 520. The largest absolute Gasteiger partial charge is 0.490 e. The van der Waals surface area contributed by atoms with E-state index in [-0.39, 0.29) is 24.0 Å². The first kappa shape index (κ1) is 15.8. The highest BCUT2D eigenvalue weighted by atomic mass is 32.2. The lowest BCUT2D eigenvalue weighted by Crippen LogP contribution is -2.27. The molecule has 1 aromatic carbocycles. The standard InChI is InChI=1S/C12H17F2NO3S/c1-2-4-9(8-19(15,16)17)7-18-11-6-3-5-10(13)12(11)14/h3,5-6,9H,2,4,7-8H2,1H3,(H2,15,16,17). The van der Waals surface area contributed by atoms with Gasteiger partial charge in [0.15, 0.2) is 11.6 Å². The average molecular weight is 293 g/mol. The molecule has 0 heterocycles. The molecule has 0 aliphatic rings. The Kier molecular flexibility index (Phi) is 5.68. The second-order valence-electron chi connectivity index (χ2n) is 4.35. The number of hydrogen-bond donors (Lipinski definition) is 1. The van der Waals surface area contributed by atoms with Gasteiger partial charge in [-0.3, -0.25) is 0 Å². The van der Waals surface area contributed by atoms with E-state index >= 15 is 0 Å². The van der Waals surface area contributed by atoms with Crippen LogP contribution in [0.1, 0.15) is 19.8 Å². The van der Waals surface area contributed by atoms with Crippen LogP contribution in [0.25, 0.3) is 0 Å². The number of nitrogens with two attached hydrogens (primary N) is 1. The molecular formula is C12H17F2NO3S. The van der Waals surface area contributed by atoms with Crippen LogP contribution in [0, 0.1) is 17.6 Å². The van der Waals surface area contributed by atoms with Gasteiger partial charge in [-0.15, -0.1) is 0 Å². The maximum absolute atomic E-state index is 13.3. The molecule has 1 aromatic rings. The Morgan fingerprint density at radius 1 is 1.37 bits per heavy atom. The third-order valence-corrected chi connectivity index (χ3v) is 3.49. The van der Waals surface area contributed by atoms with Crippen LogP contribution in [-0.2, 0) is 10.0 Å². The number of halogens is 2. The van der Waals surface area contributed by atoms with Gasteiger partial charge in [-0.2, -0.15) is 4.39 Å². The lowest BCUT2D eigenvalue weighted by Gasteiger charge is -2.16. The molecule has 0 bridgehead atoms. The van der Waals surface area contributed by atoms with E-state index in [4.69, 9.17) is 9.88 Å². The monoisotopic (exact) mass is 293 g/mol. The van der Waals surface area contributed by atoms with Crippen LogP contribution in [0.5, 0.6) is 5.75 Å². The van der Waals surface area contributed by atoms with Crippen molar-refractivity contribution in [3.05, 3.63) is 29.8 Å². The number of sulfonamides is 1. The molecule has 0 saturated carbocycles. The molecule has 108 valence electrons. The van der Waals surface area contributed by atoms with Crippen molar-refractivity contribution >= 4 is 10.0 Å². The van der Waals surface area contributed by atoms with Crippen molar-refractivity contribution < 1.29 is 21.9 Å². The van der Waals surface area contributed by atoms with E-state index in [1.165, 1.54) is 12.1 Å². The van der Waals surface area contributed by atoms with Gasteiger partial charge in [-0.25, -0.2) is 17.9 Å². The Morgan fingerprint density at radius 3 is 2.63 bits per heavy atom. The van der Waals surface area contributed by atoms with Crippen molar-refractivity contribution in [1.29, 1.82) is 0 Å². The smallest absolute Gasteiger partial charge is 0.209 e. The zero-order valence-corrected chi connectivity index (χ0v) is 11.4. The van der Waals surface area contributed by atoms with E-state index in [1.54, 1.807) is 0 Å². The fraction of sp³-hybridized carbons (Fsp3) is 0.500. The van der Waals surface area contributed by atoms with Crippen LogP contribution >= 0.6 is 0 Å². The van der Waals surface area contributed by atoms with Crippen molar-refractivity contribution in [3.63, 3.8) is 0 Å². The van der Waals surface area contributed by atoms with Crippen LogP contribution in [0.2, 0.25) is 0 Å². The van der Waals surface area contributed by atoms with Gasteiger partial charge in [0.05, 0.1) is 12.4 Å². The van der Waals surface area contributed by atoms with Crippen LogP contribution in [0.4, 0.5) is 8.78 Å². The first-order chi connectivity index (χ1) is 8.83. The topological polar surface area (TPSA) is 69.4 Å². The summed E-state index contributed by atoms with van der Waals surface area (Å²) in [6.07, 6.45) is 1.32. The maximum atomic E-state index is 13.3. The summed E-state index contributed by atoms with van der Waals surface area (Å²) in [6, 6.07) is 3.59. The van der Waals surface area contributed by atoms with Crippen molar-refractivity contribution in [2.45, 2.75) is 19.8 Å². The number of rotatable bonds is 7. The molecule has 0 amide bonds. The van der Waals surface area contributed by atoms with Gasteiger partial charge in [0.1, 0.15) is 0 Å². The summed E-state index contributed by atoms with van der Waals surface area (Å²) in [5.74, 6) is -2.89. The van der Waals surface area contributed by atoms with Gasteiger partial charge < -0.3 is 4.74 Å². The van der Waals surface area contributed by atoms with E-state index in [1.807, 2.05) is 6.92 Å². The second kappa shape index (κ2) is 6.81. The molecule has 7 heteroatoms. The van der Waals surface area contributed by atoms with E-state index in [0.717, 1.165) is 12.5 Å². The van der Waals surface area contributed by atoms with E-state index < -0.39 is 21.7 Å². The predicted octanol–water partition coefficient (Wildman–Crippen LogP) is 2.05. The molecular weight excluding hydrogens is 276 g/mol. The minimum Gasteiger partial charge on any atom is -0.490 e. The number of primary sulfonamides is 1. The first-order valence-corrected chi connectivity index (χ1v) is 7.62. The molecule has 0 radical (unpaired) electrons. The number of ether oxygens (including phenoxy) is 1. The molecule has 4 nitrogen and oxygen atoms in total. The predicted molar refractivity (Wildman–Crippen MR) is 68.2 cm³/mol. The molecule has 0 spiro atoms. The first-order valence-electron chi connectivity index (χ1n) is 5.90. The molecule has 1 atom stereocenters. The summed E-state index contributed by atoms with van der Waals surface area (Å²) in [4.78, 5) is 0. The second-order valence-corrected chi connectivity index (χ2v) is 6.01. The van der Waals surface area contributed by atoms with Crippen LogP contribution < -0.4 is 9.88 Å². The fourth-order valence-corrected chi connectivity index (χ4v) is 2.67. The SMILES string of the molecule is CCCC(COc1cccc(F)c1F)CS(N)(=O)=O. The summed E-state index contributed by atoms with van der Waals surface area (Å²) in [7, 11) is -3.62. The average Bonchev–Trinajstić information content (AvgIpc) is 2.29. The molecule has 0 fully saturated rings. The quantitative estimate of drug-likeness (QED) is 0.836. The Hall–Kier alpha value is -1.21. The molecule has 2 N–H and O–H groups in total. The van der Waals surface area contributed by atoms with Crippen LogP contribution in [0.15, 0.2) is 18.2 Å². The Morgan fingerprint density at radius 2 is 2.05 bits per heavy atom. The summed E-state index contributed by atoms with van der Waals surface area (Å²) in [5.41, 5.74) is 0. The van der Waals surface area contributed by atoms with Gasteiger partial charge in [0, 0.05) is 5.92 Å². The van der Waals surface area contributed by atoms with E-state index in [9.17, 15) is 17.2 Å². The van der Waals surface area contributed by atoms with Gasteiger partial charge in [-0.05, 0) is 18.6 Å². The summed E-state index contributed by atoms with van der Waals surface area (Å²) in [6.45, 7) is 1.86. The van der Waals surface area contributed by atoms with Gasteiger partial charge in [-0.1, -0.05) is 19.4 Å². The third-order valence-electron chi connectivity index (χ3n) is 2.56. The van der Waals surface area contributed by atoms with Crippen molar-refractivity contribution in [2.75, 3.05) is 12.4 Å². The minimum absolute atomic E-state index is 0.0232. The van der Waals surface area contributed by atoms with Gasteiger partial charge >= 0.3 is 0 Å². The summed E-state index contributed by atoms with van der Waals surface area (Å²) >= 11 is 0. The van der Waals surface area contributed by atoms with E-state index in [2.05, 4.69) is 0 Å². The molecule has 19 heavy (non-hydrogen) atoms. The molecule has 1 unspecified atom stereocenters. The van der Waals surface area contributed by atoms with E-state index in [0.29, 0.717) is 6.42 Å². The zero-order chi connectivity index (χ0) is 14.5. The van der Waals surface area contributed by atoms with Crippen LogP contribution in [-0.4, -0.2) is 20.8 Å². The molecule has 0 saturated heterocycles. The normalized spacial score (nSPS) is 13.3. The highest BCUT2D eigenvalue weighted by Gasteiger charge is 2.17. The molecule has 0 aliphatic carbocycles. The molecule has 0 aromatic heterocycles. The molecule has 1 rings (SSSR count). The lowest BCUT2D eigenvalue weighted by atomic mass is 10.1. The highest BCUT2D eigenvalue weighted by Crippen LogP contribution is 2.20. The fourth-order valence-electron chi connectivity index (χ4n) is 1.75. The van der Waals surface area contributed by atoms with Crippen molar-refractivity contribution in [3.8, 4) is 5.75 Å². The van der Waals surface area contributed by atoms with Crippen molar-refractivity contribution in [2.24, 2.45) is 11.1 Å². The zero-order valence-electron chi connectivity index (χ0n) is 10.6. The van der Waals surface area contributed by atoms with Gasteiger partial charge in [0.25, 0.3) is 0 Å².